The number of benzene rings is 1. The van der Waals surface area contributed by atoms with Crippen LogP contribution in [0, 0.1) is 6.92 Å². The van der Waals surface area contributed by atoms with Gasteiger partial charge in [0.15, 0.2) is 6.61 Å². The Hall–Kier alpha value is -2.46. The summed E-state index contributed by atoms with van der Waals surface area (Å²) in [7, 11) is -3.68. The van der Waals surface area contributed by atoms with E-state index in [0.717, 1.165) is 19.3 Å². The first-order valence-electron chi connectivity index (χ1n) is 10.5. The van der Waals surface area contributed by atoms with Crippen molar-refractivity contribution in [1.29, 1.82) is 0 Å². The molecule has 0 aliphatic carbocycles. The number of ether oxygens (including phenoxy) is 2. The molecule has 9 nitrogen and oxygen atoms in total. The Labute approximate surface area is 183 Å². The number of rotatable bonds is 10. The van der Waals surface area contributed by atoms with E-state index in [9.17, 15) is 22.8 Å². The topological polar surface area (TPSA) is 119 Å². The van der Waals surface area contributed by atoms with Gasteiger partial charge in [-0.1, -0.05) is 12.5 Å². The van der Waals surface area contributed by atoms with Gasteiger partial charge in [-0.3, -0.25) is 9.59 Å². The van der Waals surface area contributed by atoms with Gasteiger partial charge in [0.05, 0.1) is 17.1 Å². The molecule has 0 spiro atoms. The normalized spacial score (nSPS) is 14.6. The Kier molecular flexibility index (Phi) is 9.44. The quantitative estimate of drug-likeness (QED) is 0.423. The van der Waals surface area contributed by atoms with Gasteiger partial charge in [-0.15, -0.1) is 0 Å². The predicted octanol–water partition coefficient (Wildman–Crippen LogP) is 1.79. The first kappa shape index (κ1) is 24.8. The van der Waals surface area contributed by atoms with Crippen LogP contribution >= 0.6 is 0 Å². The van der Waals surface area contributed by atoms with Crippen LogP contribution in [-0.2, 0) is 29.1 Å². The molecule has 2 rings (SSSR count). The van der Waals surface area contributed by atoms with E-state index in [1.807, 2.05) is 0 Å². The minimum absolute atomic E-state index is 0.0374. The molecule has 0 radical (unpaired) electrons. The Morgan fingerprint density at radius 2 is 1.81 bits per heavy atom. The highest BCUT2D eigenvalue weighted by atomic mass is 32.2. The highest BCUT2D eigenvalue weighted by Crippen LogP contribution is 2.23. The zero-order valence-corrected chi connectivity index (χ0v) is 18.8. The van der Waals surface area contributed by atoms with Crippen LogP contribution in [0.2, 0.25) is 0 Å². The van der Waals surface area contributed by atoms with E-state index in [-0.39, 0.29) is 29.4 Å². The van der Waals surface area contributed by atoms with E-state index in [1.165, 1.54) is 16.4 Å². The van der Waals surface area contributed by atoms with Crippen LogP contribution in [0.3, 0.4) is 0 Å². The van der Waals surface area contributed by atoms with Crippen LogP contribution < -0.4 is 5.32 Å². The van der Waals surface area contributed by atoms with Crippen LogP contribution in [0.5, 0.6) is 0 Å². The molecule has 1 aliphatic heterocycles. The Morgan fingerprint density at radius 1 is 1.10 bits per heavy atom. The SMILES string of the molecule is CCOC(=O)CCCNC(=O)COC(=O)c1cc(S(=O)(=O)N2CCCCC2)ccc1C. The molecule has 0 atom stereocenters. The van der Waals surface area contributed by atoms with Gasteiger partial charge in [-0.25, -0.2) is 13.2 Å². The number of aryl methyl sites for hydroxylation is 1. The number of nitrogens with zero attached hydrogens (tertiary/aromatic N) is 1. The smallest absolute Gasteiger partial charge is 0.338 e. The van der Waals surface area contributed by atoms with Gasteiger partial charge in [-0.05, 0) is 50.8 Å². The van der Waals surface area contributed by atoms with Crippen LogP contribution in [0.15, 0.2) is 23.1 Å². The Morgan fingerprint density at radius 3 is 2.48 bits per heavy atom. The number of carbonyl (C=O) groups excluding carboxylic acids is 3. The fourth-order valence-electron chi connectivity index (χ4n) is 3.19. The number of piperidine rings is 1. The van der Waals surface area contributed by atoms with Gasteiger partial charge in [0.25, 0.3) is 5.91 Å². The van der Waals surface area contributed by atoms with Gasteiger partial charge >= 0.3 is 11.9 Å². The van der Waals surface area contributed by atoms with Crippen molar-refractivity contribution in [1.82, 2.24) is 9.62 Å². The first-order chi connectivity index (χ1) is 14.8. The van der Waals surface area contributed by atoms with Gasteiger partial charge in [-0.2, -0.15) is 4.31 Å². The largest absolute Gasteiger partial charge is 0.466 e. The van der Waals surface area contributed by atoms with Crippen LogP contribution in [0.1, 0.15) is 54.9 Å². The Balaban J connectivity index is 1.91. The number of amides is 1. The third-order valence-corrected chi connectivity index (χ3v) is 6.80. The summed E-state index contributed by atoms with van der Waals surface area (Å²) in [5.74, 6) is -1.61. The minimum atomic E-state index is -3.68. The molecule has 31 heavy (non-hydrogen) atoms. The monoisotopic (exact) mass is 454 g/mol. The van der Waals surface area contributed by atoms with Crippen molar-refractivity contribution in [2.45, 2.75) is 50.8 Å². The summed E-state index contributed by atoms with van der Waals surface area (Å²) in [5, 5.41) is 2.55. The summed E-state index contributed by atoms with van der Waals surface area (Å²) < 4.78 is 37.0. The van der Waals surface area contributed by atoms with E-state index in [2.05, 4.69) is 5.32 Å². The Bertz CT molecular complexity index is 893. The first-order valence-corrected chi connectivity index (χ1v) is 11.9. The number of nitrogens with one attached hydrogen (secondary N) is 1. The molecule has 1 aromatic rings. The number of hydrogen-bond acceptors (Lipinski definition) is 7. The number of hydrogen-bond donors (Lipinski definition) is 1. The summed E-state index contributed by atoms with van der Waals surface area (Å²) in [5.41, 5.74) is 0.658. The van der Waals surface area contributed by atoms with E-state index in [0.29, 0.717) is 31.7 Å². The highest BCUT2D eigenvalue weighted by molar-refractivity contribution is 7.89. The van der Waals surface area contributed by atoms with E-state index in [4.69, 9.17) is 9.47 Å². The van der Waals surface area contributed by atoms with E-state index >= 15 is 0 Å². The molecule has 1 saturated heterocycles. The molecule has 1 amide bonds. The summed E-state index contributed by atoms with van der Waals surface area (Å²) in [6, 6.07) is 4.34. The van der Waals surface area contributed by atoms with E-state index in [1.54, 1.807) is 19.9 Å². The molecular formula is C21H30N2O7S. The molecule has 0 bridgehead atoms. The average molecular weight is 455 g/mol. The molecule has 1 N–H and O–H groups in total. The van der Waals surface area contributed by atoms with Gasteiger partial charge < -0.3 is 14.8 Å². The molecule has 1 heterocycles. The zero-order chi connectivity index (χ0) is 22.9. The third-order valence-electron chi connectivity index (χ3n) is 4.90. The maximum Gasteiger partial charge on any atom is 0.338 e. The fraction of sp³-hybridized carbons (Fsp3) is 0.571. The van der Waals surface area contributed by atoms with Crippen LogP contribution in [0.25, 0.3) is 0 Å². The summed E-state index contributed by atoms with van der Waals surface area (Å²) in [4.78, 5) is 35.6. The maximum absolute atomic E-state index is 12.9. The van der Waals surface area contributed by atoms with Crippen molar-refractivity contribution in [2.24, 2.45) is 0 Å². The summed E-state index contributed by atoms with van der Waals surface area (Å²) in [6.45, 7) is 4.37. The molecule has 1 fully saturated rings. The summed E-state index contributed by atoms with van der Waals surface area (Å²) >= 11 is 0. The lowest BCUT2D eigenvalue weighted by Crippen LogP contribution is -2.35. The molecule has 1 aliphatic rings. The standard InChI is InChI=1S/C21H30N2O7S/c1-3-29-20(25)8-7-11-22-19(24)15-30-21(26)18-14-17(10-9-16(18)2)31(27,28)23-12-5-4-6-13-23/h9-10,14H,3-8,11-13,15H2,1-2H3,(H,22,24). The molecule has 0 unspecified atom stereocenters. The van der Waals surface area contributed by atoms with Crippen molar-refractivity contribution < 1.29 is 32.3 Å². The van der Waals surface area contributed by atoms with Crippen molar-refractivity contribution in [3.05, 3.63) is 29.3 Å². The maximum atomic E-state index is 12.9. The van der Waals surface area contributed by atoms with Crippen LogP contribution in [0.4, 0.5) is 0 Å². The number of esters is 2. The lowest BCUT2D eigenvalue weighted by molar-refractivity contribution is -0.143. The summed E-state index contributed by atoms with van der Waals surface area (Å²) in [6.07, 6.45) is 3.23. The van der Waals surface area contributed by atoms with Gasteiger partial charge in [0.1, 0.15) is 0 Å². The number of sulfonamides is 1. The molecular weight excluding hydrogens is 424 g/mol. The van der Waals surface area contributed by atoms with E-state index < -0.39 is 28.5 Å². The second kappa shape index (κ2) is 11.8. The van der Waals surface area contributed by atoms with Crippen molar-refractivity contribution in [2.75, 3.05) is 32.8 Å². The third kappa shape index (κ3) is 7.32. The van der Waals surface area contributed by atoms with Crippen molar-refractivity contribution in [3.8, 4) is 0 Å². The van der Waals surface area contributed by atoms with Gasteiger partial charge in [0, 0.05) is 26.1 Å². The molecule has 10 heteroatoms. The lowest BCUT2D eigenvalue weighted by Gasteiger charge is -2.26. The minimum Gasteiger partial charge on any atom is -0.466 e. The second-order valence-electron chi connectivity index (χ2n) is 7.28. The average Bonchev–Trinajstić information content (AvgIpc) is 2.76. The second-order valence-corrected chi connectivity index (χ2v) is 9.21. The van der Waals surface area contributed by atoms with Crippen molar-refractivity contribution in [3.63, 3.8) is 0 Å². The molecule has 1 aromatic carbocycles. The van der Waals surface area contributed by atoms with Gasteiger partial charge in [0.2, 0.25) is 10.0 Å². The van der Waals surface area contributed by atoms with Crippen molar-refractivity contribution >= 4 is 27.9 Å². The molecule has 172 valence electrons. The lowest BCUT2D eigenvalue weighted by atomic mass is 10.1. The predicted molar refractivity (Wildman–Crippen MR) is 113 cm³/mol. The number of carbonyl (C=O) groups is 3. The molecule has 0 aromatic heterocycles. The fourth-order valence-corrected chi connectivity index (χ4v) is 4.73. The highest BCUT2D eigenvalue weighted by Gasteiger charge is 2.27. The zero-order valence-electron chi connectivity index (χ0n) is 18.0. The molecule has 0 saturated carbocycles. The van der Waals surface area contributed by atoms with Crippen LogP contribution in [-0.4, -0.2) is 63.4 Å².